The number of hydrogen-bond acceptors (Lipinski definition) is 3. The van der Waals surface area contributed by atoms with Crippen LogP contribution in [0, 0.1) is 11.8 Å². The summed E-state index contributed by atoms with van der Waals surface area (Å²) in [5.74, 6) is -1.83. The molecule has 1 unspecified atom stereocenters. The van der Waals surface area contributed by atoms with Crippen LogP contribution >= 0.6 is 0 Å². The molecule has 0 aliphatic carbocycles. The molecule has 1 N–H and O–H groups in total. The Labute approximate surface area is 113 Å². The number of esters is 1. The first-order valence-electron chi connectivity index (χ1n) is 6.41. The molecule has 19 heavy (non-hydrogen) atoms. The molecular weight excluding hydrogens is 244 g/mol. The van der Waals surface area contributed by atoms with Gasteiger partial charge < -0.3 is 9.84 Å². The van der Waals surface area contributed by atoms with Crippen molar-refractivity contribution in [3.8, 4) is 0 Å². The number of hydrogen-bond donors (Lipinski definition) is 1. The van der Waals surface area contributed by atoms with Gasteiger partial charge in [-0.2, -0.15) is 0 Å². The highest BCUT2D eigenvalue weighted by atomic mass is 16.5. The van der Waals surface area contributed by atoms with E-state index in [0.717, 1.165) is 5.56 Å². The van der Waals surface area contributed by atoms with Crippen LogP contribution in [0.15, 0.2) is 30.3 Å². The molecule has 1 aromatic rings. The van der Waals surface area contributed by atoms with E-state index >= 15 is 0 Å². The molecule has 0 radical (unpaired) electrons. The van der Waals surface area contributed by atoms with E-state index in [-0.39, 0.29) is 18.9 Å². The maximum Gasteiger partial charge on any atom is 0.307 e. The lowest BCUT2D eigenvalue weighted by Crippen LogP contribution is -2.21. The second-order valence-electron chi connectivity index (χ2n) is 5.02. The van der Waals surface area contributed by atoms with E-state index in [0.29, 0.717) is 6.42 Å². The van der Waals surface area contributed by atoms with Crippen LogP contribution in [0.3, 0.4) is 0 Å². The molecule has 0 spiro atoms. The molecule has 1 rings (SSSR count). The highest BCUT2D eigenvalue weighted by molar-refractivity contribution is 5.78. The van der Waals surface area contributed by atoms with E-state index in [2.05, 4.69) is 0 Å². The molecule has 1 aromatic carbocycles. The lowest BCUT2D eigenvalue weighted by Gasteiger charge is -2.14. The Morgan fingerprint density at radius 2 is 1.84 bits per heavy atom. The van der Waals surface area contributed by atoms with Gasteiger partial charge >= 0.3 is 11.9 Å². The Morgan fingerprint density at radius 1 is 1.21 bits per heavy atom. The van der Waals surface area contributed by atoms with Crippen molar-refractivity contribution < 1.29 is 19.4 Å². The molecule has 0 heterocycles. The van der Waals surface area contributed by atoms with Crippen LogP contribution in [0.25, 0.3) is 0 Å². The number of carboxylic acids is 1. The summed E-state index contributed by atoms with van der Waals surface area (Å²) in [6, 6.07) is 9.32. The van der Waals surface area contributed by atoms with Crippen LogP contribution in [-0.4, -0.2) is 17.0 Å². The zero-order valence-electron chi connectivity index (χ0n) is 11.3. The molecule has 0 aliphatic heterocycles. The van der Waals surface area contributed by atoms with E-state index in [1.54, 1.807) is 0 Å². The van der Waals surface area contributed by atoms with Crippen molar-refractivity contribution >= 4 is 11.9 Å². The van der Waals surface area contributed by atoms with Gasteiger partial charge in [-0.25, -0.2) is 0 Å². The van der Waals surface area contributed by atoms with Crippen molar-refractivity contribution in [1.82, 2.24) is 0 Å². The van der Waals surface area contributed by atoms with E-state index < -0.39 is 17.9 Å². The number of benzene rings is 1. The minimum atomic E-state index is -0.939. The Kier molecular flexibility index (Phi) is 6.06. The summed E-state index contributed by atoms with van der Waals surface area (Å²) in [7, 11) is 0. The van der Waals surface area contributed by atoms with Crippen LogP contribution < -0.4 is 0 Å². The van der Waals surface area contributed by atoms with E-state index in [1.165, 1.54) is 0 Å². The Morgan fingerprint density at radius 3 is 2.37 bits per heavy atom. The molecule has 0 aliphatic rings. The van der Waals surface area contributed by atoms with E-state index in [9.17, 15) is 9.59 Å². The minimum Gasteiger partial charge on any atom is -0.481 e. The number of carboxylic acid groups (broad SMARTS) is 1. The maximum atomic E-state index is 11.6. The number of ether oxygens (including phenoxy) is 1. The predicted octanol–water partition coefficient (Wildman–Crippen LogP) is 2.87. The van der Waals surface area contributed by atoms with Crippen LogP contribution in [0.5, 0.6) is 0 Å². The van der Waals surface area contributed by atoms with E-state index in [1.807, 2.05) is 44.2 Å². The molecule has 1 atom stereocenters. The highest BCUT2D eigenvalue weighted by Crippen LogP contribution is 2.16. The third kappa shape index (κ3) is 6.04. The standard InChI is InChI=1S/C15H20O4/c1-11(2)8-13(15(17)18)9-14(16)19-10-12-6-4-3-5-7-12/h3-7,11,13H,8-10H2,1-2H3,(H,17,18). The average Bonchev–Trinajstić information content (AvgIpc) is 2.36. The van der Waals surface area contributed by atoms with Gasteiger partial charge in [0.1, 0.15) is 6.61 Å². The smallest absolute Gasteiger partial charge is 0.307 e. The first-order valence-corrected chi connectivity index (χ1v) is 6.41. The number of carbonyl (C=O) groups excluding carboxylic acids is 1. The van der Waals surface area contributed by atoms with Crippen LogP contribution in [0.4, 0.5) is 0 Å². The van der Waals surface area contributed by atoms with Crippen molar-refractivity contribution in [3.63, 3.8) is 0 Å². The molecule has 0 fully saturated rings. The topological polar surface area (TPSA) is 63.6 Å². The zero-order valence-corrected chi connectivity index (χ0v) is 11.3. The zero-order chi connectivity index (χ0) is 14.3. The Bertz CT molecular complexity index is 411. The van der Waals surface area contributed by atoms with Gasteiger partial charge in [-0.3, -0.25) is 9.59 Å². The first-order chi connectivity index (χ1) is 8.99. The Hall–Kier alpha value is -1.84. The normalized spacial score (nSPS) is 12.2. The lowest BCUT2D eigenvalue weighted by molar-refractivity contribution is -0.152. The molecule has 4 nitrogen and oxygen atoms in total. The largest absolute Gasteiger partial charge is 0.481 e. The summed E-state index contributed by atoms with van der Waals surface area (Å²) in [5, 5.41) is 9.05. The summed E-state index contributed by atoms with van der Waals surface area (Å²) in [5.41, 5.74) is 0.895. The molecule has 104 valence electrons. The molecule has 4 heteroatoms. The molecule has 0 bridgehead atoms. The summed E-state index contributed by atoms with van der Waals surface area (Å²) in [4.78, 5) is 22.7. The van der Waals surface area contributed by atoms with Crippen LogP contribution in [0.2, 0.25) is 0 Å². The highest BCUT2D eigenvalue weighted by Gasteiger charge is 2.23. The SMILES string of the molecule is CC(C)CC(CC(=O)OCc1ccccc1)C(=O)O. The molecule has 0 aromatic heterocycles. The summed E-state index contributed by atoms with van der Waals surface area (Å²) in [6.07, 6.45) is 0.413. The fourth-order valence-electron chi connectivity index (χ4n) is 1.84. The average molecular weight is 264 g/mol. The van der Waals surface area contributed by atoms with Crippen molar-refractivity contribution in [2.24, 2.45) is 11.8 Å². The van der Waals surface area contributed by atoms with Gasteiger partial charge in [0.2, 0.25) is 0 Å². The molecule has 0 saturated carbocycles. The van der Waals surface area contributed by atoms with Crippen molar-refractivity contribution in [2.75, 3.05) is 0 Å². The van der Waals surface area contributed by atoms with Gasteiger partial charge in [0.15, 0.2) is 0 Å². The monoisotopic (exact) mass is 264 g/mol. The van der Waals surface area contributed by atoms with Crippen molar-refractivity contribution in [3.05, 3.63) is 35.9 Å². The fraction of sp³-hybridized carbons (Fsp3) is 0.467. The Balaban J connectivity index is 2.42. The maximum absolute atomic E-state index is 11.6. The summed E-state index contributed by atoms with van der Waals surface area (Å²) >= 11 is 0. The number of aliphatic carboxylic acids is 1. The molecule has 0 saturated heterocycles. The third-order valence-electron chi connectivity index (χ3n) is 2.76. The first kappa shape index (κ1) is 15.2. The van der Waals surface area contributed by atoms with Gasteiger partial charge in [0.05, 0.1) is 12.3 Å². The minimum absolute atomic E-state index is 0.0691. The van der Waals surface area contributed by atoms with Crippen molar-refractivity contribution in [2.45, 2.75) is 33.3 Å². The number of rotatable bonds is 7. The quantitative estimate of drug-likeness (QED) is 0.769. The van der Waals surface area contributed by atoms with Gasteiger partial charge in [-0.1, -0.05) is 44.2 Å². The van der Waals surface area contributed by atoms with Crippen LogP contribution in [0.1, 0.15) is 32.3 Å². The van der Waals surface area contributed by atoms with E-state index in [4.69, 9.17) is 9.84 Å². The molecular formula is C15H20O4. The van der Waals surface area contributed by atoms with Gasteiger partial charge in [-0.05, 0) is 17.9 Å². The third-order valence-corrected chi connectivity index (χ3v) is 2.76. The lowest BCUT2D eigenvalue weighted by atomic mass is 9.94. The second-order valence-corrected chi connectivity index (χ2v) is 5.02. The van der Waals surface area contributed by atoms with Gasteiger partial charge in [-0.15, -0.1) is 0 Å². The molecule has 0 amide bonds. The fourth-order valence-corrected chi connectivity index (χ4v) is 1.84. The summed E-state index contributed by atoms with van der Waals surface area (Å²) < 4.78 is 5.09. The predicted molar refractivity (Wildman–Crippen MR) is 71.4 cm³/mol. The van der Waals surface area contributed by atoms with Gasteiger partial charge in [0, 0.05) is 0 Å². The van der Waals surface area contributed by atoms with Crippen LogP contribution in [-0.2, 0) is 20.9 Å². The number of carbonyl (C=O) groups is 2. The van der Waals surface area contributed by atoms with Gasteiger partial charge in [0.25, 0.3) is 0 Å². The van der Waals surface area contributed by atoms with Crippen molar-refractivity contribution in [1.29, 1.82) is 0 Å². The summed E-state index contributed by atoms with van der Waals surface area (Å²) in [6.45, 7) is 4.06. The second kappa shape index (κ2) is 7.56.